The lowest BCUT2D eigenvalue weighted by atomic mass is 9.88. The van der Waals surface area contributed by atoms with Crippen LogP contribution in [-0.2, 0) is 21.3 Å². The number of carbonyl (C=O) groups excluding carboxylic acids is 1. The Morgan fingerprint density at radius 2 is 1.94 bits per heavy atom. The zero-order chi connectivity index (χ0) is 23.5. The molecule has 2 N–H and O–H groups in total. The third-order valence-corrected chi connectivity index (χ3v) is 7.16. The molecule has 1 fully saturated rings. The summed E-state index contributed by atoms with van der Waals surface area (Å²) in [5.74, 6) is 0.775. The minimum atomic E-state index is -3.88. The van der Waals surface area contributed by atoms with E-state index in [1.807, 2.05) is 0 Å². The number of nitro benzene ring substituents is 1. The van der Waals surface area contributed by atoms with Gasteiger partial charge >= 0.3 is 5.97 Å². The van der Waals surface area contributed by atoms with E-state index in [9.17, 15) is 23.3 Å². The number of rotatable bonds is 8. The van der Waals surface area contributed by atoms with E-state index < -0.39 is 20.9 Å². The Hall–Kier alpha value is -2.92. The molecule has 0 saturated heterocycles. The second-order valence-corrected chi connectivity index (χ2v) is 9.76. The summed E-state index contributed by atoms with van der Waals surface area (Å²) in [6, 6.07) is 5.06. The lowest BCUT2D eigenvalue weighted by Crippen LogP contribution is -2.37. The highest BCUT2D eigenvalue weighted by molar-refractivity contribution is 7.89. The van der Waals surface area contributed by atoms with E-state index in [2.05, 4.69) is 21.7 Å². The second-order valence-electron chi connectivity index (χ2n) is 8.04. The number of furan rings is 1. The minimum absolute atomic E-state index is 0.0588. The maximum Gasteiger partial charge on any atom is 0.341 e. The number of anilines is 1. The van der Waals surface area contributed by atoms with Crippen LogP contribution in [-0.4, -0.2) is 32.5 Å². The van der Waals surface area contributed by atoms with E-state index in [0.29, 0.717) is 17.4 Å². The predicted octanol–water partition coefficient (Wildman–Crippen LogP) is 3.75. The van der Waals surface area contributed by atoms with Crippen molar-refractivity contribution < 1.29 is 27.3 Å². The van der Waals surface area contributed by atoms with Crippen molar-refractivity contribution in [1.82, 2.24) is 4.72 Å². The fourth-order valence-electron chi connectivity index (χ4n) is 3.77. The fourth-order valence-corrected chi connectivity index (χ4v) is 5.09. The van der Waals surface area contributed by atoms with Crippen LogP contribution in [0.4, 0.5) is 11.4 Å². The van der Waals surface area contributed by atoms with Gasteiger partial charge in [0, 0.05) is 12.1 Å². The monoisotopic (exact) mass is 465 g/mol. The van der Waals surface area contributed by atoms with Crippen molar-refractivity contribution in [3.63, 3.8) is 0 Å². The molecule has 1 saturated carbocycles. The van der Waals surface area contributed by atoms with Crippen LogP contribution in [0.1, 0.15) is 54.5 Å². The van der Waals surface area contributed by atoms with Gasteiger partial charge in [-0.2, -0.15) is 0 Å². The van der Waals surface area contributed by atoms with Gasteiger partial charge in [-0.1, -0.05) is 6.92 Å². The molecule has 0 spiro atoms. The fraction of sp³-hybridized carbons (Fsp3) is 0.476. The maximum absolute atomic E-state index is 12.8. The third kappa shape index (κ3) is 5.46. The molecule has 0 atom stereocenters. The summed E-state index contributed by atoms with van der Waals surface area (Å²) in [5.41, 5.74) is 0.0270. The summed E-state index contributed by atoms with van der Waals surface area (Å²) in [6.45, 7) is 3.81. The molecule has 1 aliphatic rings. The van der Waals surface area contributed by atoms with Gasteiger partial charge in [-0.25, -0.2) is 17.9 Å². The van der Waals surface area contributed by atoms with Crippen LogP contribution in [0, 0.1) is 23.0 Å². The Morgan fingerprint density at radius 1 is 1.25 bits per heavy atom. The zero-order valence-electron chi connectivity index (χ0n) is 18.2. The first-order valence-corrected chi connectivity index (χ1v) is 11.8. The summed E-state index contributed by atoms with van der Waals surface area (Å²) < 4.78 is 38.4. The van der Waals surface area contributed by atoms with Crippen LogP contribution in [0.5, 0.6) is 0 Å². The summed E-state index contributed by atoms with van der Waals surface area (Å²) in [6.07, 6.45) is 3.39. The molecule has 0 unspecified atom stereocenters. The van der Waals surface area contributed by atoms with Gasteiger partial charge in [0.05, 0.1) is 23.5 Å². The standard InChI is InChI=1S/C21H27N3O7S/c1-13-4-6-15(7-5-13)23-32(28,29)17-8-9-19(20(11-17)24(26)27)22-12-16-10-18(14(2)31-16)21(25)30-3/h8-11,13,15,22-23H,4-7,12H2,1-3H3. The number of hydrogen-bond acceptors (Lipinski definition) is 8. The van der Waals surface area contributed by atoms with E-state index in [4.69, 9.17) is 4.42 Å². The molecule has 0 bridgehead atoms. The lowest BCUT2D eigenvalue weighted by molar-refractivity contribution is -0.384. The van der Waals surface area contributed by atoms with Gasteiger partial charge in [-0.15, -0.1) is 0 Å². The van der Waals surface area contributed by atoms with Crippen LogP contribution >= 0.6 is 0 Å². The molecular formula is C21H27N3O7S. The molecule has 174 valence electrons. The molecule has 1 aliphatic carbocycles. The van der Waals surface area contributed by atoms with E-state index in [1.54, 1.807) is 6.92 Å². The van der Waals surface area contributed by atoms with Gasteiger partial charge in [-0.05, 0) is 56.7 Å². The van der Waals surface area contributed by atoms with Crippen LogP contribution < -0.4 is 10.0 Å². The topological polar surface area (TPSA) is 141 Å². The summed E-state index contributed by atoms with van der Waals surface area (Å²) in [5, 5.41) is 14.5. The molecule has 0 radical (unpaired) electrons. The molecule has 0 aliphatic heterocycles. The number of nitrogens with zero attached hydrogens (tertiary/aromatic N) is 1. The summed E-state index contributed by atoms with van der Waals surface area (Å²) in [4.78, 5) is 22.5. The minimum Gasteiger partial charge on any atom is -0.465 e. The van der Waals surface area contributed by atoms with Gasteiger partial charge in [-0.3, -0.25) is 10.1 Å². The van der Waals surface area contributed by atoms with Crippen molar-refractivity contribution in [2.75, 3.05) is 12.4 Å². The number of ether oxygens (including phenoxy) is 1. The van der Waals surface area contributed by atoms with E-state index >= 15 is 0 Å². The first kappa shape index (κ1) is 23.7. The number of methoxy groups -OCH3 is 1. The quantitative estimate of drug-likeness (QED) is 0.341. The predicted molar refractivity (Wildman–Crippen MR) is 117 cm³/mol. The van der Waals surface area contributed by atoms with Crippen molar-refractivity contribution in [3.8, 4) is 0 Å². The number of sulfonamides is 1. The Morgan fingerprint density at radius 3 is 2.56 bits per heavy atom. The Balaban J connectivity index is 1.76. The molecule has 10 nitrogen and oxygen atoms in total. The number of hydrogen-bond donors (Lipinski definition) is 2. The molecule has 1 aromatic heterocycles. The maximum atomic E-state index is 12.8. The van der Waals surface area contributed by atoms with Crippen LogP contribution in [0.2, 0.25) is 0 Å². The van der Waals surface area contributed by atoms with Gasteiger partial charge in [0.25, 0.3) is 5.69 Å². The number of nitro groups is 1. The van der Waals surface area contributed by atoms with Crippen LogP contribution in [0.3, 0.4) is 0 Å². The first-order chi connectivity index (χ1) is 15.1. The van der Waals surface area contributed by atoms with Crippen molar-refractivity contribution in [3.05, 3.63) is 51.5 Å². The number of nitrogens with one attached hydrogen (secondary N) is 2. The van der Waals surface area contributed by atoms with Crippen LogP contribution in [0.15, 0.2) is 33.6 Å². The van der Waals surface area contributed by atoms with Gasteiger partial charge in [0.15, 0.2) is 0 Å². The zero-order valence-corrected chi connectivity index (χ0v) is 19.0. The average Bonchev–Trinajstić information content (AvgIpc) is 3.13. The van der Waals surface area contributed by atoms with Crippen molar-refractivity contribution in [2.45, 2.75) is 57.0 Å². The van der Waals surface area contributed by atoms with Crippen molar-refractivity contribution >= 4 is 27.4 Å². The van der Waals surface area contributed by atoms with Gasteiger partial charge < -0.3 is 14.5 Å². The third-order valence-electron chi connectivity index (χ3n) is 5.64. The molecular weight excluding hydrogens is 438 g/mol. The van der Waals surface area contributed by atoms with Crippen molar-refractivity contribution in [2.24, 2.45) is 5.92 Å². The molecule has 32 heavy (non-hydrogen) atoms. The summed E-state index contributed by atoms with van der Waals surface area (Å²) >= 11 is 0. The molecule has 3 rings (SSSR count). The Kier molecular flexibility index (Phi) is 7.19. The number of carbonyl (C=O) groups is 1. The average molecular weight is 466 g/mol. The van der Waals surface area contributed by atoms with Gasteiger partial charge in [0.2, 0.25) is 10.0 Å². The van der Waals surface area contributed by atoms with E-state index in [-0.39, 0.29) is 34.4 Å². The van der Waals surface area contributed by atoms with E-state index in [0.717, 1.165) is 31.7 Å². The molecule has 1 aromatic carbocycles. The SMILES string of the molecule is COC(=O)c1cc(CNc2ccc(S(=O)(=O)NC3CCC(C)CC3)cc2[N+](=O)[O-])oc1C. The highest BCUT2D eigenvalue weighted by Crippen LogP contribution is 2.30. The highest BCUT2D eigenvalue weighted by Gasteiger charge is 2.26. The second kappa shape index (κ2) is 9.70. The van der Waals surface area contributed by atoms with Crippen molar-refractivity contribution in [1.29, 1.82) is 0 Å². The van der Waals surface area contributed by atoms with Crippen LogP contribution in [0.25, 0.3) is 0 Å². The number of aryl methyl sites for hydroxylation is 1. The Bertz CT molecular complexity index is 1100. The highest BCUT2D eigenvalue weighted by atomic mass is 32.2. The normalized spacial score (nSPS) is 18.8. The summed E-state index contributed by atoms with van der Waals surface area (Å²) in [7, 11) is -2.62. The van der Waals surface area contributed by atoms with E-state index in [1.165, 1.54) is 25.3 Å². The first-order valence-electron chi connectivity index (χ1n) is 10.3. The number of esters is 1. The smallest absolute Gasteiger partial charge is 0.341 e. The van der Waals surface area contributed by atoms with Gasteiger partial charge in [0.1, 0.15) is 22.8 Å². The largest absolute Gasteiger partial charge is 0.465 e. The molecule has 1 heterocycles. The number of benzene rings is 1. The molecule has 11 heteroatoms. The molecule has 0 amide bonds. The Labute approximate surface area is 186 Å². The lowest BCUT2D eigenvalue weighted by Gasteiger charge is -2.26. The molecule has 2 aromatic rings.